The fourth-order valence-electron chi connectivity index (χ4n) is 2.61. The largest absolute Gasteiger partial charge is 0.456 e. The van der Waals surface area contributed by atoms with Crippen LogP contribution in [0.2, 0.25) is 0 Å². The summed E-state index contributed by atoms with van der Waals surface area (Å²) in [5.74, 6) is 0.915. The molecule has 0 aliphatic heterocycles. The Morgan fingerprint density at radius 2 is 2.17 bits per heavy atom. The number of ether oxygens (including phenoxy) is 2. The van der Waals surface area contributed by atoms with Crippen LogP contribution in [0.15, 0.2) is 12.2 Å². The second kappa shape index (κ2) is 6.62. The van der Waals surface area contributed by atoms with Crippen molar-refractivity contribution in [2.75, 3.05) is 12.4 Å². The lowest BCUT2D eigenvalue weighted by Crippen LogP contribution is -2.44. The smallest absolute Gasteiger partial charge is 0.333 e. The molecule has 0 heterocycles. The zero-order valence-electron chi connectivity index (χ0n) is 11.6. The van der Waals surface area contributed by atoms with Gasteiger partial charge in [-0.3, -0.25) is 0 Å². The van der Waals surface area contributed by atoms with Crippen LogP contribution < -0.4 is 0 Å². The SMILES string of the molecule is C=C(C)C(=O)OC1(C)CC(CS)CC(OCC)C1. The van der Waals surface area contributed by atoms with E-state index in [-0.39, 0.29) is 12.1 Å². The molecule has 1 fully saturated rings. The Morgan fingerprint density at radius 3 is 2.67 bits per heavy atom. The van der Waals surface area contributed by atoms with Gasteiger partial charge in [0, 0.05) is 18.6 Å². The van der Waals surface area contributed by atoms with Crippen LogP contribution in [0.3, 0.4) is 0 Å². The van der Waals surface area contributed by atoms with Crippen molar-refractivity contribution in [1.82, 2.24) is 0 Å². The lowest BCUT2D eigenvalue weighted by Gasteiger charge is -2.41. The van der Waals surface area contributed by atoms with Crippen LogP contribution in [0.5, 0.6) is 0 Å². The van der Waals surface area contributed by atoms with E-state index in [1.807, 2.05) is 13.8 Å². The van der Waals surface area contributed by atoms with E-state index < -0.39 is 5.60 Å². The summed E-state index contributed by atoms with van der Waals surface area (Å²) in [4.78, 5) is 11.7. The van der Waals surface area contributed by atoms with E-state index in [4.69, 9.17) is 9.47 Å². The van der Waals surface area contributed by atoms with E-state index in [2.05, 4.69) is 19.2 Å². The lowest BCUT2D eigenvalue weighted by atomic mass is 9.78. The quantitative estimate of drug-likeness (QED) is 0.475. The molecule has 3 unspecified atom stereocenters. The third-order valence-electron chi connectivity index (χ3n) is 3.32. The van der Waals surface area contributed by atoms with E-state index >= 15 is 0 Å². The molecule has 0 bridgehead atoms. The summed E-state index contributed by atoms with van der Waals surface area (Å²) in [5.41, 5.74) is -0.0150. The molecule has 1 aliphatic carbocycles. The van der Waals surface area contributed by atoms with E-state index in [1.165, 1.54) is 0 Å². The summed E-state index contributed by atoms with van der Waals surface area (Å²) >= 11 is 4.37. The third-order valence-corrected chi connectivity index (χ3v) is 3.84. The van der Waals surface area contributed by atoms with Crippen molar-refractivity contribution in [1.29, 1.82) is 0 Å². The first kappa shape index (κ1) is 15.6. The van der Waals surface area contributed by atoms with Crippen LogP contribution in [-0.2, 0) is 14.3 Å². The standard InChI is InChI=1S/C14H24O3S/c1-5-16-12-6-11(9-18)7-14(4,8-12)17-13(15)10(2)3/h11-12,18H,2,5-9H2,1,3-4H3. The molecule has 3 atom stereocenters. The molecule has 0 aromatic rings. The first-order chi connectivity index (χ1) is 8.40. The van der Waals surface area contributed by atoms with Crippen molar-refractivity contribution >= 4 is 18.6 Å². The summed E-state index contributed by atoms with van der Waals surface area (Å²) in [5, 5.41) is 0. The first-order valence-corrected chi connectivity index (χ1v) is 7.14. The van der Waals surface area contributed by atoms with Crippen molar-refractivity contribution < 1.29 is 14.3 Å². The highest BCUT2D eigenvalue weighted by Gasteiger charge is 2.40. The van der Waals surface area contributed by atoms with Gasteiger partial charge in [-0.25, -0.2) is 4.79 Å². The van der Waals surface area contributed by atoms with Crippen LogP contribution in [0.1, 0.15) is 40.0 Å². The Morgan fingerprint density at radius 1 is 1.50 bits per heavy atom. The predicted octanol–water partition coefficient (Wildman–Crippen LogP) is 3.00. The molecule has 18 heavy (non-hydrogen) atoms. The van der Waals surface area contributed by atoms with E-state index in [1.54, 1.807) is 6.92 Å². The Bertz CT molecular complexity index is 316. The molecule has 1 rings (SSSR count). The number of hydrogen-bond acceptors (Lipinski definition) is 4. The maximum Gasteiger partial charge on any atom is 0.333 e. The molecule has 3 nitrogen and oxygen atoms in total. The van der Waals surface area contributed by atoms with E-state index in [9.17, 15) is 4.79 Å². The van der Waals surface area contributed by atoms with Gasteiger partial charge in [0.05, 0.1) is 6.10 Å². The highest BCUT2D eigenvalue weighted by molar-refractivity contribution is 7.80. The minimum atomic E-state index is -0.457. The molecule has 0 saturated heterocycles. The van der Waals surface area contributed by atoms with Gasteiger partial charge in [0.15, 0.2) is 0 Å². The fraction of sp³-hybridized carbons (Fsp3) is 0.786. The molecule has 0 spiro atoms. The van der Waals surface area contributed by atoms with Gasteiger partial charge >= 0.3 is 5.97 Å². The van der Waals surface area contributed by atoms with Gasteiger partial charge < -0.3 is 9.47 Å². The van der Waals surface area contributed by atoms with Crippen LogP contribution >= 0.6 is 12.6 Å². The molecule has 4 heteroatoms. The molecule has 1 aliphatic rings. The van der Waals surface area contributed by atoms with E-state index in [0.29, 0.717) is 18.1 Å². The Kier molecular flexibility index (Phi) is 5.73. The van der Waals surface area contributed by atoms with Crippen molar-refractivity contribution in [2.24, 2.45) is 5.92 Å². The van der Waals surface area contributed by atoms with Gasteiger partial charge in [-0.2, -0.15) is 12.6 Å². The van der Waals surface area contributed by atoms with Gasteiger partial charge in [0.25, 0.3) is 0 Å². The molecule has 1 saturated carbocycles. The van der Waals surface area contributed by atoms with Crippen LogP contribution in [-0.4, -0.2) is 30.0 Å². The number of rotatable bonds is 5. The molecule has 0 aromatic carbocycles. The fourth-order valence-corrected chi connectivity index (χ4v) is 2.89. The van der Waals surface area contributed by atoms with Crippen molar-refractivity contribution in [3.05, 3.63) is 12.2 Å². The number of carbonyl (C=O) groups is 1. The monoisotopic (exact) mass is 272 g/mol. The zero-order chi connectivity index (χ0) is 13.8. The van der Waals surface area contributed by atoms with Gasteiger partial charge in [-0.15, -0.1) is 0 Å². The predicted molar refractivity (Wildman–Crippen MR) is 75.9 cm³/mol. The summed E-state index contributed by atoms with van der Waals surface area (Å²) in [6.45, 7) is 9.95. The summed E-state index contributed by atoms with van der Waals surface area (Å²) in [6, 6.07) is 0. The Labute approximate surface area is 115 Å². The highest BCUT2D eigenvalue weighted by atomic mass is 32.1. The second-order valence-corrected chi connectivity index (χ2v) is 5.75. The zero-order valence-corrected chi connectivity index (χ0v) is 12.5. The molecule has 104 valence electrons. The van der Waals surface area contributed by atoms with Crippen LogP contribution in [0.25, 0.3) is 0 Å². The number of carbonyl (C=O) groups excluding carboxylic acids is 1. The van der Waals surface area contributed by atoms with Gasteiger partial charge in [-0.1, -0.05) is 6.58 Å². The molecule has 0 N–H and O–H groups in total. The van der Waals surface area contributed by atoms with Gasteiger partial charge in [0.1, 0.15) is 5.60 Å². The minimum Gasteiger partial charge on any atom is -0.456 e. The maximum absolute atomic E-state index is 11.7. The first-order valence-electron chi connectivity index (χ1n) is 6.51. The minimum absolute atomic E-state index is 0.156. The highest BCUT2D eigenvalue weighted by Crippen LogP contribution is 2.37. The van der Waals surface area contributed by atoms with Crippen molar-refractivity contribution in [3.63, 3.8) is 0 Å². The van der Waals surface area contributed by atoms with Crippen molar-refractivity contribution in [3.8, 4) is 0 Å². The van der Waals surface area contributed by atoms with Crippen LogP contribution in [0.4, 0.5) is 0 Å². The van der Waals surface area contributed by atoms with E-state index in [0.717, 1.165) is 25.0 Å². The number of esters is 1. The molecule has 0 radical (unpaired) electrons. The normalized spacial score (nSPS) is 32.0. The Balaban J connectivity index is 2.71. The summed E-state index contributed by atoms with van der Waals surface area (Å²) in [6.07, 6.45) is 2.75. The molecule has 0 amide bonds. The molecule has 0 aromatic heterocycles. The topological polar surface area (TPSA) is 35.5 Å². The molecular weight excluding hydrogens is 248 g/mol. The summed E-state index contributed by atoms with van der Waals surface area (Å²) in [7, 11) is 0. The van der Waals surface area contributed by atoms with Gasteiger partial charge in [0.2, 0.25) is 0 Å². The van der Waals surface area contributed by atoms with Crippen LogP contribution in [0, 0.1) is 5.92 Å². The average Bonchev–Trinajstić information content (AvgIpc) is 2.27. The average molecular weight is 272 g/mol. The maximum atomic E-state index is 11.7. The summed E-state index contributed by atoms with van der Waals surface area (Å²) < 4.78 is 11.3. The van der Waals surface area contributed by atoms with Gasteiger partial charge in [-0.05, 0) is 45.3 Å². The van der Waals surface area contributed by atoms with Crippen molar-refractivity contribution in [2.45, 2.75) is 51.7 Å². The number of hydrogen-bond donors (Lipinski definition) is 1. The third kappa shape index (κ3) is 4.32. The second-order valence-electron chi connectivity index (χ2n) is 5.39. The lowest BCUT2D eigenvalue weighted by molar-refractivity contribution is -0.163. The Hall–Kier alpha value is -0.480. The number of thiol groups is 1. The molecular formula is C14H24O3S.